The number of hydrogen-bond acceptors (Lipinski definition) is 3. The molecule has 2 aromatic rings. The molecule has 0 bridgehead atoms. The number of piperazine rings is 1. The zero-order valence-electron chi connectivity index (χ0n) is 17.5. The van der Waals surface area contributed by atoms with Gasteiger partial charge in [0, 0.05) is 42.6 Å². The van der Waals surface area contributed by atoms with Crippen molar-refractivity contribution in [1.82, 2.24) is 5.32 Å². The summed E-state index contributed by atoms with van der Waals surface area (Å²) in [7, 11) is 0. The van der Waals surface area contributed by atoms with E-state index in [2.05, 4.69) is 15.1 Å². The number of fused-ring (bicyclic) bond motifs is 3. The predicted octanol–water partition coefficient (Wildman–Crippen LogP) is 4.75. The van der Waals surface area contributed by atoms with E-state index in [-0.39, 0.29) is 11.9 Å². The number of anilines is 2. The zero-order chi connectivity index (χ0) is 22.5. The fourth-order valence-corrected chi connectivity index (χ4v) is 5.09. The Kier molecular flexibility index (Phi) is 5.48. The van der Waals surface area contributed by atoms with Crippen molar-refractivity contribution in [2.24, 2.45) is 11.8 Å². The van der Waals surface area contributed by atoms with Crippen molar-refractivity contribution >= 4 is 28.9 Å². The molecule has 8 heteroatoms. The van der Waals surface area contributed by atoms with Crippen LogP contribution >= 0.6 is 11.6 Å². The molecule has 0 aromatic heterocycles. The van der Waals surface area contributed by atoms with Crippen molar-refractivity contribution in [3.05, 3.63) is 58.6 Å². The van der Waals surface area contributed by atoms with E-state index in [4.69, 9.17) is 11.6 Å². The van der Waals surface area contributed by atoms with Gasteiger partial charge >= 0.3 is 6.18 Å². The smallest absolute Gasteiger partial charge is 0.368 e. The fourth-order valence-electron chi connectivity index (χ4n) is 4.90. The number of hydrogen-bond donors (Lipinski definition) is 1. The molecule has 0 spiro atoms. The minimum atomic E-state index is -4.40. The third kappa shape index (κ3) is 4.27. The van der Waals surface area contributed by atoms with Crippen LogP contribution in [0.1, 0.15) is 24.0 Å². The van der Waals surface area contributed by atoms with Gasteiger partial charge in [0.15, 0.2) is 0 Å². The van der Waals surface area contributed by atoms with Crippen molar-refractivity contribution in [3.8, 4) is 0 Å². The molecule has 0 radical (unpaired) electrons. The molecule has 4 nitrogen and oxygen atoms in total. The molecule has 2 atom stereocenters. The standard InChI is InChI=1S/C24H25ClF3N3O/c25-18-2-1-3-19(12-18)30-8-9-31-21-7-6-17(24(26,27)28)10-16(21)11-20(22(31)14-30)23(32)29-13-15-4-5-15/h1-3,6-7,10,12,15,20,22H,4-5,8-9,11,13-14H2,(H,29,32)/t20-,22+/m0/s1. The number of nitrogens with zero attached hydrogens (tertiary/aromatic N) is 2. The monoisotopic (exact) mass is 463 g/mol. The summed E-state index contributed by atoms with van der Waals surface area (Å²) >= 11 is 6.18. The van der Waals surface area contributed by atoms with Gasteiger partial charge in [-0.2, -0.15) is 13.2 Å². The molecule has 170 valence electrons. The van der Waals surface area contributed by atoms with Gasteiger partial charge in [-0.1, -0.05) is 17.7 Å². The summed E-state index contributed by atoms with van der Waals surface area (Å²) in [6, 6.07) is 11.4. The molecule has 1 N–H and O–H groups in total. The van der Waals surface area contributed by atoms with E-state index < -0.39 is 17.7 Å². The number of alkyl halides is 3. The van der Waals surface area contributed by atoms with Crippen molar-refractivity contribution in [1.29, 1.82) is 0 Å². The Morgan fingerprint density at radius 2 is 1.94 bits per heavy atom. The molecule has 1 aliphatic carbocycles. The molecule has 5 rings (SSSR count). The van der Waals surface area contributed by atoms with Crippen molar-refractivity contribution < 1.29 is 18.0 Å². The molecule has 2 aromatic carbocycles. The van der Waals surface area contributed by atoms with E-state index in [9.17, 15) is 18.0 Å². The van der Waals surface area contributed by atoms with Crippen molar-refractivity contribution in [2.45, 2.75) is 31.5 Å². The van der Waals surface area contributed by atoms with Crippen LogP contribution in [-0.2, 0) is 17.4 Å². The molecule has 0 unspecified atom stereocenters. The first kappa shape index (κ1) is 21.4. The van der Waals surface area contributed by atoms with Gasteiger partial charge in [-0.3, -0.25) is 4.79 Å². The summed E-state index contributed by atoms with van der Waals surface area (Å²) < 4.78 is 40.0. The van der Waals surface area contributed by atoms with Crippen LogP contribution in [0.4, 0.5) is 24.5 Å². The number of nitrogens with one attached hydrogen (secondary N) is 1. The molecular formula is C24H25ClF3N3O. The van der Waals surface area contributed by atoms with E-state index in [0.29, 0.717) is 49.1 Å². The van der Waals surface area contributed by atoms with Gasteiger partial charge in [-0.05, 0) is 67.1 Å². The molecule has 2 fully saturated rings. The van der Waals surface area contributed by atoms with Gasteiger partial charge in [0.05, 0.1) is 17.5 Å². The summed E-state index contributed by atoms with van der Waals surface area (Å²) in [5, 5.41) is 3.71. The second kappa shape index (κ2) is 8.18. The Balaban J connectivity index is 1.45. The van der Waals surface area contributed by atoms with Gasteiger partial charge in [0.2, 0.25) is 5.91 Å². The third-order valence-electron chi connectivity index (χ3n) is 6.81. The fraction of sp³-hybridized carbons (Fsp3) is 0.458. The zero-order valence-corrected chi connectivity index (χ0v) is 18.3. The maximum absolute atomic E-state index is 13.3. The predicted molar refractivity (Wildman–Crippen MR) is 119 cm³/mol. The largest absolute Gasteiger partial charge is 0.416 e. The molecule has 3 aliphatic rings. The average Bonchev–Trinajstić information content (AvgIpc) is 3.60. The first-order chi connectivity index (χ1) is 15.3. The Hall–Kier alpha value is -2.41. The molecule has 1 saturated heterocycles. The highest BCUT2D eigenvalue weighted by Crippen LogP contribution is 2.40. The lowest BCUT2D eigenvalue weighted by molar-refractivity contribution is -0.137. The van der Waals surface area contributed by atoms with Crippen LogP contribution in [0.25, 0.3) is 0 Å². The van der Waals surface area contributed by atoms with E-state index >= 15 is 0 Å². The Morgan fingerprint density at radius 3 is 2.66 bits per heavy atom. The topological polar surface area (TPSA) is 35.6 Å². The normalized spacial score (nSPS) is 22.9. The number of carbonyl (C=O) groups is 1. The lowest BCUT2D eigenvalue weighted by Gasteiger charge is -2.49. The maximum atomic E-state index is 13.3. The number of carbonyl (C=O) groups excluding carboxylic acids is 1. The number of benzene rings is 2. The van der Waals surface area contributed by atoms with Crippen molar-refractivity contribution in [2.75, 3.05) is 36.0 Å². The number of halogens is 4. The SMILES string of the molecule is O=C(NCC1CC1)[C@H]1Cc2cc(C(F)(F)F)ccc2N2CCN(c3cccc(Cl)c3)C[C@H]12. The number of amides is 1. The van der Waals surface area contributed by atoms with Crippen LogP contribution in [0.15, 0.2) is 42.5 Å². The van der Waals surface area contributed by atoms with Crippen LogP contribution < -0.4 is 15.1 Å². The van der Waals surface area contributed by atoms with E-state index in [1.807, 2.05) is 24.3 Å². The van der Waals surface area contributed by atoms with E-state index in [0.717, 1.165) is 30.3 Å². The van der Waals surface area contributed by atoms with Crippen LogP contribution in [-0.4, -0.2) is 38.1 Å². The van der Waals surface area contributed by atoms with Gasteiger partial charge in [0.1, 0.15) is 0 Å². The third-order valence-corrected chi connectivity index (χ3v) is 7.05. The first-order valence-corrected chi connectivity index (χ1v) is 11.4. The lowest BCUT2D eigenvalue weighted by atomic mass is 9.82. The minimum Gasteiger partial charge on any atom is -0.368 e. The lowest BCUT2D eigenvalue weighted by Crippen LogP contribution is -2.61. The van der Waals surface area contributed by atoms with Crippen molar-refractivity contribution in [3.63, 3.8) is 0 Å². The summed E-state index contributed by atoms with van der Waals surface area (Å²) in [5.74, 6) is 0.0618. The summed E-state index contributed by atoms with van der Waals surface area (Å²) in [6.45, 7) is 2.59. The minimum absolute atomic E-state index is 0.0668. The molecular weight excluding hydrogens is 439 g/mol. The summed E-state index contributed by atoms with van der Waals surface area (Å²) in [5.41, 5.74) is 1.73. The second-order valence-electron chi connectivity index (χ2n) is 9.03. The average molecular weight is 464 g/mol. The first-order valence-electron chi connectivity index (χ1n) is 11.0. The van der Waals surface area contributed by atoms with Crippen LogP contribution in [0.3, 0.4) is 0 Å². The summed E-state index contributed by atoms with van der Waals surface area (Å²) in [6.07, 6.45) is -1.84. The van der Waals surface area contributed by atoms with Crippen LogP contribution in [0.2, 0.25) is 5.02 Å². The molecule has 2 aliphatic heterocycles. The van der Waals surface area contributed by atoms with E-state index in [1.54, 1.807) is 6.07 Å². The number of rotatable bonds is 4. The van der Waals surface area contributed by atoms with Gasteiger partial charge in [-0.25, -0.2) is 0 Å². The quantitative estimate of drug-likeness (QED) is 0.710. The molecule has 1 amide bonds. The van der Waals surface area contributed by atoms with Crippen LogP contribution in [0.5, 0.6) is 0 Å². The second-order valence-corrected chi connectivity index (χ2v) is 9.46. The highest BCUT2D eigenvalue weighted by Gasteiger charge is 2.43. The highest BCUT2D eigenvalue weighted by atomic mass is 35.5. The van der Waals surface area contributed by atoms with Gasteiger partial charge < -0.3 is 15.1 Å². The molecule has 32 heavy (non-hydrogen) atoms. The van der Waals surface area contributed by atoms with Gasteiger partial charge in [-0.15, -0.1) is 0 Å². The van der Waals surface area contributed by atoms with Crippen LogP contribution in [0, 0.1) is 11.8 Å². The Morgan fingerprint density at radius 1 is 1.12 bits per heavy atom. The summed E-state index contributed by atoms with van der Waals surface area (Å²) in [4.78, 5) is 17.5. The Labute approximate surface area is 190 Å². The maximum Gasteiger partial charge on any atom is 0.416 e. The Bertz CT molecular complexity index is 1020. The highest BCUT2D eigenvalue weighted by molar-refractivity contribution is 6.30. The van der Waals surface area contributed by atoms with E-state index in [1.165, 1.54) is 6.07 Å². The van der Waals surface area contributed by atoms with Gasteiger partial charge in [0.25, 0.3) is 0 Å². The molecule has 1 saturated carbocycles. The molecule has 2 heterocycles.